The monoisotopic (exact) mass is 281 g/mol. The predicted octanol–water partition coefficient (Wildman–Crippen LogP) is 3.34. The molecule has 0 aliphatic heterocycles. The van der Waals surface area contributed by atoms with E-state index in [1.807, 2.05) is 0 Å². The first kappa shape index (κ1) is 12.6. The Morgan fingerprint density at radius 2 is 2.00 bits per heavy atom. The van der Waals surface area contributed by atoms with Gasteiger partial charge in [0.1, 0.15) is 5.56 Å². The molecule has 2 rings (SSSR count). The normalized spacial score (nSPS) is 10.1. The molecule has 0 aliphatic rings. The highest BCUT2D eigenvalue weighted by molar-refractivity contribution is 7.14. The lowest BCUT2D eigenvalue weighted by molar-refractivity contribution is -0.105. The molecule has 1 aromatic heterocycles. The molecule has 0 fully saturated rings. The maximum atomic E-state index is 11.2. The number of rotatable bonds is 4. The van der Waals surface area contributed by atoms with Gasteiger partial charge >= 0.3 is 5.97 Å². The number of carboxylic acid groups (broad SMARTS) is 1. The van der Waals surface area contributed by atoms with E-state index >= 15 is 0 Å². The Labute approximate surface area is 112 Å². The smallest absolute Gasteiger partial charge is 0.339 e. The number of anilines is 1. The second-order valence-corrected chi connectivity index (χ2v) is 4.74. The molecule has 2 aromatic rings. The minimum atomic E-state index is -1.08. The summed E-state index contributed by atoms with van der Waals surface area (Å²) in [5, 5.41) is 13.8. The van der Waals surface area contributed by atoms with Crippen LogP contribution in [0, 0.1) is 0 Å². The van der Waals surface area contributed by atoms with Crippen molar-refractivity contribution in [3.05, 3.63) is 40.2 Å². The molecule has 18 heavy (non-hydrogen) atoms. The quantitative estimate of drug-likeness (QED) is 0.845. The van der Waals surface area contributed by atoms with Crippen LogP contribution in [-0.4, -0.2) is 17.5 Å². The van der Waals surface area contributed by atoms with Crippen molar-refractivity contribution in [2.24, 2.45) is 0 Å². The first-order valence-corrected chi connectivity index (χ1v) is 6.20. The Hall–Kier alpha value is -1.85. The van der Waals surface area contributed by atoms with Crippen molar-refractivity contribution in [3.8, 4) is 10.4 Å². The number of carbonyl (C=O) groups excluding carboxylic acids is 1. The minimum absolute atomic E-state index is 0.0921. The number of benzene rings is 1. The SMILES string of the molecule is O=CNc1csc(-c2ccc(Cl)cc2)c1C(=O)O. The number of carboxylic acids is 1. The molecule has 0 bridgehead atoms. The second kappa shape index (κ2) is 5.20. The number of halogens is 1. The van der Waals surface area contributed by atoms with Gasteiger partial charge in [-0.05, 0) is 17.7 Å². The van der Waals surface area contributed by atoms with Crippen LogP contribution < -0.4 is 5.32 Å². The lowest BCUT2D eigenvalue weighted by Gasteiger charge is -2.02. The largest absolute Gasteiger partial charge is 0.478 e. The molecule has 1 amide bonds. The van der Waals surface area contributed by atoms with Gasteiger partial charge in [-0.15, -0.1) is 11.3 Å². The van der Waals surface area contributed by atoms with Crippen LogP contribution in [0.25, 0.3) is 10.4 Å². The number of hydrogen-bond donors (Lipinski definition) is 2. The maximum Gasteiger partial charge on any atom is 0.339 e. The van der Waals surface area contributed by atoms with Gasteiger partial charge in [0.15, 0.2) is 0 Å². The molecule has 1 heterocycles. The molecule has 92 valence electrons. The van der Waals surface area contributed by atoms with Gasteiger partial charge in [-0.1, -0.05) is 23.7 Å². The topological polar surface area (TPSA) is 66.4 Å². The Bertz CT molecular complexity index is 592. The van der Waals surface area contributed by atoms with Crippen molar-refractivity contribution in [2.45, 2.75) is 0 Å². The highest BCUT2D eigenvalue weighted by atomic mass is 35.5. The van der Waals surface area contributed by atoms with E-state index < -0.39 is 5.97 Å². The first-order valence-electron chi connectivity index (χ1n) is 4.94. The number of thiophene rings is 1. The zero-order chi connectivity index (χ0) is 13.1. The van der Waals surface area contributed by atoms with Gasteiger partial charge in [0, 0.05) is 10.4 Å². The van der Waals surface area contributed by atoms with E-state index in [1.165, 1.54) is 11.3 Å². The fourth-order valence-electron chi connectivity index (χ4n) is 1.55. The Morgan fingerprint density at radius 3 is 2.56 bits per heavy atom. The van der Waals surface area contributed by atoms with Crippen molar-refractivity contribution in [1.29, 1.82) is 0 Å². The Balaban J connectivity index is 2.53. The molecule has 0 aliphatic carbocycles. The maximum absolute atomic E-state index is 11.2. The van der Waals surface area contributed by atoms with E-state index in [1.54, 1.807) is 29.6 Å². The predicted molar refractivity (Wildman–Crippen MR) is 71.4 cm³/mol. The van der Waals surface area contributed by atoms with Gasteiger partial charge in [-0.2, -0.15) is 0 Å². The van der Waals surface area contributed by atoms with E-state index in [-0.39, 0.29) is 5.56 Å². The summed E-state index contributed by atoms with van der Waals surface area (Å²) in [5.41, 5.74) is 1.14. The fourth-order valence-corrected chi connectivity index (χ4v) is 2.69. The minimum Gasteiger partial charge on any atom is -0.478 e. The number of nitrogens with one attached hydrogen (secondary N) is 1. The van der Waals surface area contributed by atoms with Gasteiger partial charge in [0.25, 0.3) is 0 Å². The van der Waals surface area contributed by atoms with E-state index in [0.29, 0.717) is 22.0 Å². The van der Waals surface area contributed by atoms with Crippen LogP contribution in [0.3, 0.4) is 0 Å². The molecule has 1 aromatic carbocycles. The van der Waals surface area contributed by atoms with Crippen molar-refractivity contribution < 1.29 is 14.7 Å². The van der Waals surface area contributed by atoms with Gasteiger partial charge in [0.2, 0.25) is 6.41 Å². The van der Waals surface area contributed by atoms with Crippen LogP contribution >= 0.6 is 22.9 Å². The molecule has 0 atom stereocenters. The third-order valence-corrected chi connectivity index (χ3v) is 3.61. The lowest BCUT2D eigenvalue weighted by Crippen LogP contribution is -2.03. The van der Waals surface area contributed by atoms with Crippen molar-refractivity contribution in [1.82, 2.24) is 0 Å². The number of hydrogen-bond acceptors (Lipinski definition) is 3. The van der Waals surface area contributed by atoms with Gasteiger partial charge in [-0.3, -0.25) is 4.79 Å². The molecular formula is C12H8ClNO3S. The average Bonchev–Trinajstić information content (AvgIpc) is 2.74. The van der Waals surface area contributed by atoms with E-state index in [9.17, 15) is 14.7 Å². The van der Waals surface area contributed by atoms with E-state index in [4.69, 9.17) is 11.6 Å². The summed E-state index contributed by atoms with van der Waals surface area (Å²) in [6, 6.07) is 6.86. The van der Waals surface area contributed by atoms with Crippen LogP contribution in [0.5, 0.6) is 0 Å². The van der Waals surface area contributed by atoms with Crippen LogP contribution in [0.1, 0.15) is 10.4 Å². The summed E-state index contributed by atoms with van der Waals surface area (Å²) < 4.78 is 0. The Morgan fingerprint density at radius 1 is 1.33 bits per heavy atom. The summed E-state index contributed by atoms with van der Waals surface area (Å²) in [5.74, 6) is -1.08. The molecule has 0 saturated carbocycles. The lowest BCUT2D eigenvalue weighted by atomic mass is 10.1. The summed E-state index contributed by atoms with van der Waals surface area (Å²) in [4.78, 5) is 22.3. The Kier molecular flexibility index (Phi) is 3.64. The summed E-state index contributed by atoms with van der Waals surface area (Å²) >= 11 is 7.04. The van der Waals surface area contributed by atoms with E-state index in [2.05, 4.69) is 5.32 Å². The molecule has 0 saturated heterocycles. The van der Waals surface area contributed by atoms with Crippen LogP contribution in [0.4, 0.5) is 5.69 Å². The number of amides is 1. The van der Waals surface area contributed by atoms with Gasteiger partial charge in [0.05, 0.1) is 10.6 Å². The standard InChI is InChI=1S/C12H8ClNO3S/c13-8-3-1-7(2-4-8)11-10(12(16)17)9(5-18-11)14-6-15/h1-6H,(H,14,15)(H,16,17). The molecule has 4 nitrogen and oxygen atoms in total. The zero-order valence-corrected chi connectivity index (χ0v) is 10.6. The summed E-state index contributed by atoms with van der Waals surface area (Å²) in [6.45, 7) is 0. The molecule has 0 radical (unpaired) electrons. The summed E-state index contributed by atoms with van der Waals surface area (Å²) in [6.07, 6.45) is 0.458. The third kappa shape index (κ3) is 2.37. The highest BCUT2D eigenvalue weighted by Crippen LogP contribution is 2.36. The fraction of sp³-hybridized carbons (Fsp3) is 0. The molecule has 2 N–H and O–H groups in total. The van der Waals surface area contributed by atoms with Crippen LogP contribution in [0.15, 0.2) is 29.6 Å². The van der Waals surface area contributed by atoms with Crippen molar-refractivity contribution >= 4 is 41.0 Å². The van der Waals surface area contributed by atoms with Gasteiger partial charge < -0.3 is 10.4 Å². The van der Waals surface area contributed by atoms with E-state index in [0.717, 1.165) is 5.56 Å². The number of aromatic carboxylic acids is 1. The summed E-state index contributed by atoms with van der Waals surface area (Å²) in [7, 11) is 0. The highest BCUT2D eigenvalue weighted by Gasteiger charge is 2.19. The zero-order valence-electron chi connectivity index (χ0n) is 9.01. The third-order valence-electron chi connectivity index (χ3n) is 2.33. The van der Waals surface area contributed by atoms with Crippen molar-refractivity contribution in [3.63, 3.8) is 0 Å². The molecule has 0 unspecified atom stereocenters. The molecular weight excluding hydrogens is 274 g/mol. The molecule has 0 spiro atoms. The second-order valence-electron chi connectivity index (χ2n) is 3.43. The van der Waals surface area contributed by atoms with Crippen LogP contribution in [0.2, 0.25) is 5.02 Å². The van der Waals surface area contributed by atoms with Gasteiger partial charge in [-0.25, -0.2) is 4.79 Å². The molecule has 6 heteroatoms. The number of carbonyl (C=O) groups is 2. The first-order chi connectivity index (χ1) is 8.63. The van der Waals surface area contributed by atoms with Crippen molar-refractivity contribution in [2.75, 3.05) is 5.32 Å². The average molecular weight is 282 g/mol. The van der Waals surface area contributed by atoms with Crippen LogP contribution in [-0.2, 0) is 4.79 Å².